The average Bonchev–Trinajstić information content (AvgIpc) is 2.94. The van der Waals surface area contributed by atoms with E-state index in [1.54, 1.807) is 48.5 Å². The molecule has 4 rings (SSSR count). The van der Waals surface area contributed by atoms with Gasteiger partial charge in [-0.05, 0) is 88.1 Å². The summed E-state index contributed by atoms with van der Waals surface area (Å²) >= 11 is 3.44. The summed E-state index contributed by atoms with van der Waals surface area (Å²) in [5, 5.41) is 13.1. The molecule has 11 nitrogen and oxygen atoms in total. The second kappa shape index (κ2) is 12.4. The summed E-state index contributed by atoms with van der Waals surface area (Å²) in [6, 6.07) is 14.7. The van der Waals surface area contributed by atoms with Gasteiger partial charge in [-0.15, -0.1) is 0 Å². The Morgan fingerprint density at radius 3 is 2.35 bits per heavy atom. The van der Waals surface area contributed by atoms with Gasteiger partial charge in [0.15, 0.2) is 11.5 Å². The molecule has 4 amide bonds. The molecule has 0 aromatic heterocycles. The second-order valence-corrected chi connectivity index (χ2v) is 9.40. The van der Waals surface area contributed by atoms with Gasteiger partial charge in [-0.3, -0.25) is 25.0 Å². The Morgan fingerprint density at radius 2 is 1.73 bits per heavy atom. The highest BCUT2D eigenvalue weighted by molar-refractivity contribution is 9.10. The molecule has 0 bridgehead atoms. The molecule has 12 heteroatoms. The highest BCUT2D eigenvalue weighted by atomic mass is 79.9. The fourth-order valence-electron chi connectivity index (χ4n) is 3.80. The zero-order valence-corrected chi connectivity index (χ0v) is 23.1. The lowest BCUT2D eigenvalue weighted by molar-refractivity contribution is -0.384. The Hall–Kier alpha value is -4.71. The van der Waals surface area contributed by atoms with E-state index in [9.17, 15) is 24.5 Å². The van der Waals surface area contributed by atoms with Gasteiger partial charge < -0.3 is 14.2 Å². The van der Waals surface area contributed by atoms with E-state index in [0.29, 0.717) is 39.5 Å². The maximum atomic E-state index is 13.3. The van der Waals surface area contributed by atoms with Crippen LogP contribution in [0.1, 0.15) is 24.5 Å². The summed E-state index contributed by atoms with van der Waals surface area (Å²) < 4.78 is 17.4. The molecule has 1 saturated heterocycles. The van der Waals surface area contributed by atoms with Crippen LogP contribution in [0.4, 0.5) is 16.2 Å². The number of carbonyl (C=O) groups is 3. The van der Waals surface area contributed by atoms with Crippen molar-refractivity contribution in [1.29, 1.82) is 0 Å². The van der Waals surface area contributed by atoms with Crippen molar-refractivity contribution in [3.05, 3.63) is 92.0 Å². The maximum absolute atomic E-state index is 13.3. The second-order valence-electron chi connectivity index (χ2n) is 8.55. The third-order valence-corrected chi connectivity index (χ3v) is 6.35. The van der Waals surface area contributed by atoms with Gasteiger partial charge in [-0.2, -0.15) is 0 Å². The minimum Gasteiger partial charge on any atom is -0.494 e. The summed E-state index contributed by atoms with van der Waals surface area (Å²) in [4.78, 5) is 49.7. The highest BCUT2D eigenvalue weighted by Crippen LogP contribution is 2.38. The fourth-order valence-corrected chi connectivity index (χ4v) is 4.38. The number of anilines is 1. The minimum absolute atomic E-state index is 0.0283. The van der Waals surface area contributed by atoms with Crippen LogP contribution in [0.25, 0.3) is 6.08 Å². The van der Waals surface area contributed by atoms with Crippen molar-refractivity contribution >= 4 is 51.2 Å². The molecule has 0 saturated carbocycles. The predicted octanol–water partition coefficient (Wildman–Crippen LogP) is 5.40. The van der Waals surface area contributed by atoms with E-state index in [2.05, 4.69) is 21.2 Å². The number of urea groups is 1. The lowest BCUT2D eigenvalue weighted by Crippen LogP contribution is -2.54. The molecule has 206 valence electrons. The van der Waals surface area contributed by atoms with Gasteiger partial charge in [-0.1, -0.05) is 6.92 Å². The smallest absolute Gasteiger partial charge is 0.335 e. The molecule has 0 unspecified atom stereocenters. The van der Waals surface area contributed by atoms with E-state index in [1.807, 2.05) is 6.92 Å². The predicted molar refractivity (Wildman–Crippen MR) is 149 cm³/mol. The lowest BCUT2D eigenvalue weighted by atomic mass is 10.1. The van der Waals surface area contributed by atoms with E-state index in [0.717, 1.165) is 11.3 Å². The normalized spacial score (nSPS) is 14.2. The number of ether oxygens (including phenoxy) is 3. The van der Waals surface area contributed by atoms with E-state index < -0.39 is 22.8 Å². The van der Waals surface area contributed by atoms with Crippen LogP contribution >= 0.6 is 15.9 Å². The Kier molecular flexibility index (Phi) is 8.80. The van der Waals surface area contributed by atoms with Crippen LogP contribution in [0, 0.1) is 10.1 Å². The Balaban J connectivity index is 1.57. The first-order valence-corrected chi connectivity index (χ1v) is 12.9. The number of hydrogen-bond acceptors (Lipinski definition) is 8. The summed E-state index contributed by atoms with van der Waals surface area (Å²) in [5.74, 6) is -0.366. The van der Waals surface area contributed by atoms with Gasteiger partial charge in [0.25, 0.3) is 17.5 Å². The molecule has 0 spiro atoms. The highest BCUT2D eigenvalue weighted by Gasteiger charge is 2.37. The number of nitro groups is 1. The van der Waals surface area contributed by atoms with Crippen LogP contribution in [-0.4, -0.2) is 36.5 Å². The van der Waals surface area contributed by atoms with Crippen molar-refractivity contribution in [3.8, 4) is 17.2 Å². The Bertz CT molecular complexity index is 1490. The van der Waals surface area contributed by atoms with Crippen LogP contribution in [0.15, 0.2) is 70.7 Å². The zero-order chi connectivity index (χ0) is 28.8. The van der Waals surface area contributed by atoms with Gasteiger partial charge in [0, 0.05) is 12.1 Å². The number of barbiturate groups is 1. The number of imide groups is 2. The molecule has 1 heterocycles. The molecule has 3 aromatic carbocycles. The van der Waals surface area contributed by atoms with Crippen molar-refractivity contribution in [1.82, 2.24) is 5.32 Å². The number of nitrogens with one attached hydrogen (secondary N) is 1. The molecule has 0 radical (unpaired) electrons. The van der Waals surface area contributed by atoms with E-state index in [-0.39, 0.29) is 23.6 Å². The number of non-ortho nitro benzene ring substituents is 1. The number of nitro benzene ring substituents is 1. The van der Waals surface area contributed by atoms with Crippen molar-refractivity contribution in [2.75, 3.05) is 18.6 Å². The minimum atomic E-state index is -0.858. The van der Waals surface area contributed by atoms with Gasteiger partial charge in [0.05, 0.1) is 28.8 Å². The SMILES string of the molecule is CCCOc1ccc(N2C(=O)NC(=O)/C(=C/c3cc(Br)c(OCc4ccc([N+](=O)[O-])cc4)c(OC)c3)C2=O)cc1. The summed E-state index contributed by atoms with van der Waals surface area (Å²) in [5.41, 5.74) is 1.13. The number of methoxy groups -OCH3 is 1. The first-order valence-electron chi connectivity index (χ1n) is 12.1. The number of halogens is 1. The van der Waals surface area contributed by atoms with E-state index >= 15 is 0 Å². The molecule has 1 aliphatic rings. The van der Waals surface area contributed by atoms with Crippen LogP contribution < -0.4 is 24.4 Å². The van der Waals surface area contributed by atoms with Gasteiger partial charge >= 0.3 is 6.03 Å². The number of amides is 4. The van der Waals surface area contributed by atoms with Gasteiger partial charge in [0.2, 0.25) is 0 Å². The van der Waals surface area contributed by atoms with E-state index in [4.69, 9.17) is 14.2 Å². The molecule has 3 aromatic rings. The number of carbonyl (C=O) groups excluding carboxylic acids is 3. The molecule has 40 heavy (non-hydrogen) atoms. The number of hydrogen-bond donors (Lipinski definition) is 1. The molecule has 0 aliphatic carbocycles. The van der Waals surface area contributed by atoms with Gasteiger partial charge in [-0.25, -0.2) is 9.69 Å². The van der Waals surface area contributed by atoms with Crippen molar-refractivity contribution in [3.63, 3.8) is 0 Å². The third kappa shape index (κ3) is 6.29. The lowest BCUT2D eigenvalue weighted by Gasteiger charge is -2.26. The standard InChI is InChI=1S/C28H24BrN3O8/c1-3-12-39-21-10-8-19(9-11-21)31-27(34)22(26(33)30-28(31)35)13-18-14-23(29)25(24(15-18)38-2)40-16-17-4-6-20(7-5-17)32(36)37/h4-11,13-15H,3,12,16H2,1-2H3,(H,30,33,35)/b22-13-. The number of nitrogens with zero attached hydrogens (tertiary/aromatic N) is 2. The molecular formula is C28H24BrN3O8. The topological polar surface area (TPSA) is 137 Å². The van der Waals surface area contributed by atoms with Crippen LogP contribution in [-0.2, 0) is 16.2 Å². The number of benzene rings is 3. The summed E-state index contributed by atoms with van der Waals surface area (Å²) in [6.07, 6.45) is 2.18. The average molecular weight is 610 g/mol. The van der Waals surface area contributed by atoms with Crippen molar-refractivity contribution in [2.45, 2.75) is 20.0 Å². The Labute approximate surface area is 237 Å². The zero-order valence-electron chi connectivity index (χ0n) is 21.5. The molecular weight excluding hydrogens is 586 g/mol. The molecule has 1 N–H and O–H groups in total. The van der Waals surface area contributed by atoms with Crippen molar-refractivity contribution in [2.24, 2.45) is 0 Å². The first kappa shape index (κ1) is 28.3. The molecule has 1 aliphatic heterocycles. The largest absolute Gasteiger partial charge is 0.494 e. The number of rotatable bonds is 10. The monoisotopic (exact) mass is 609 g/mol. The molecule has 0 atom stereocenters. The van der Waals surface area contributed by atoms with Crippen LogP contribution in [0.5, 0.6) is 17.2 Å². The summed E-state index contributed by atoms with van der Waals surface area (Å²) in [7, 11) is 1.43. The first-order chi connectivity index (χ1) is 19.2. The maximum Gasteiger partial charge on any atom is 0.335 e. The quantitative estimate of drug-likeness (QED) is 0.140. The third-order valence-electron chi connectivity index (χ3n) is 5.76. The summed E-state index contributed by atoms with van der Waals surface area (Å²) in [6.45, 7) is 2.62. The van der Waals surface area contributed by atoms with E-state index in [1.165, 1.54) is 25.3 Å². The van der Waals surface area contributed by atoms with Gasteiger partial charge in [0.1, 0.15) is 17.9 Å². The van der Waals surface area contributed by atoms with Crippen molar-refractivity contribution < 1.29 is 33.5 Å². The Morgan fingerprint density at radius 1 is 1.02 bits per heavy atom. The van der Waals surface area contributed by atoms with Crippen LogP contribution in [0.2, 0.25) is 0 Å². The van der Waals surface area contributed by atoms with Crippen LogP contribution in [0.3, 0.4) is 0 Å². The molecule has 1 fully saturated rings. The fraction of sp³-hybridized carbons (Fsp3) is 0.179.